The van der Waals surface area contributed by atoms with Crippen molar-refractivity contribution in [1.29, 1.82) is 0 Å². The van der Waals surface area contributed by atoms with E-state index in [4.69, 9.17) is 10.5 Å². The van der Waals surface area contributed by atoms with Crippen LogP contribution < -0.4 is 15.4 Å². The van der Waals surface area contributed by atoms with Crippen molar-refractivity contribution in [2.75, 3.05) is 50.5 Å². The lowest BCUT2D eigenvalue weighted by molar-refractivity contribution is 0.312. The number of benzene rings is 1. The van der Waals surface area contributed by atoms with E-state index in [1.807, 2.05) is 37.1 Å². The molecule has 124 valence electrons. The van der Waals surface area contributed by atoms with Crippen LogP contribution in [0.15, 0.2) is 24.5 Å². The molecule has 0 saturated carbocycles. The molecule has 1 aliphatic heterocycles. The van der Waals surface area contributed by atoms with E-state index in [1.54, 1.807) is 0 Å². The number of rotatable bonds is 4. The first-order valence-corrected chi connectivity index (χ1v) is 8.07. The number of nitrogens with zero attached hydrogens (tertiary/aromatic N) is 4. The van der Waals surface area contributed by atoms with Crippen molar-refractivity contribution in [2.24, 2.45) is 7.05 Å². The van der Waals surface area contributed by atoms with Crippen LogP contribution >= 0.6 is 0 Å². The third kappa shape index (κ3) is 3.27. The van der Waals surface area contributed by atoms with Crippen molar-refractivity contribution in [3.05, 3.63) is 24.5 Å². The van der Waals surface area contributed by atoms with Gasteiger partial charge < -0.3 is 20.3 Å². The topological polar surface area (TPSA) is 59.5 Å². The lowest BCUT2D eigenvalue weighted by Gasteiger charge is -2.35. The molecule has 1 fully saturated rings. The molecule has 6 heteroatoms. The number of nitrogen functional groups attached to an aromatic ring is 1. The van der Waals surface area contributed by atoms with Gasteiger partial charge in [-0.05, 0) is 20.0 Å². The molecular weight excluding hydrogens is 290 g/mol. The normalized spacial score (nSPS) is 15.9. The average Bonchev–Trinajstić information content (AvgIpc) is 2.96. The van der Waals surface area contributed by atoms with Gasteiger partial charge in [0.2, 0.25) is 0 Å². The molecule has 2 heterocycles. The number of hydrogen-bond donors (Lipinski definition) is 1. The van der Waals surface area contributed by atoms with Crippen LogP contribution in [-0.2, 0) is 7.05 Å². The van der Waals surface area contributed by atoms with Crippen LogP contribution in [0.2, 0.25) is 0 Å². The van der Waals surface area contributed by atoms with Gasteiger partial charge in [0, 0.05) is 62.3 Å². The van der Waals surface area contributed by atoms with Crippen molar-refractivity contribution < 1.29 is 4.74 Å². The number of likely N-dealkylation sites (N-methyl/N-ethyl adjacent to an activating group) is 1. The Bertz CT molecular complexity index is 674. The van der Waals surface area contributed by atoms with E-state index >= 15 is 0 Å². The molecule has 2 aromatic rings. The van der Waals surface area contributed by atoms with E-state index in [9.17, 15) is 0 Å². The summed E-state index contributed by atoms with van der Waals surface area (Å²) in [5.74, 6) is 0.758. The molecular formula is C17H25N5O. The smallest absolute Gasteiger partial charge is 0.144 e. The third-order valence-electron chi connectivity index (χ3n) is 4.29. The van der Waals surface area contributed by atoms with Gasteiger partial charge in [0.25, 0.3) is 0 Å². The molecule has 1 aliphatic rings. The SMILES string of the molecule is CCOc1cc(N2CCN(C)CC2)c(-c2cnn(C)c2)cc1N. The minimum Gasteiger partial charge on any atom is -0.492 e. The van der Waals surface area contributed by atoms with E-state index < -0.39 is 0 Å². The maximum Gasteiger partial charge on any atom is 0.144 e. The summed E-state index contributed by atoms with van der Waals surface area (Å²) >= 11 is 0. The first-order chi connectivity index (χ1) is 11.1. The van der Waals surface area contributed by atoms with Gasteiger partial charge >= 0.3 is 0 Å². The van der Waals surface area contributed by atoms with Crippen molar-refractivity contribution >= 4 is 11.4 Å². The maximum absolute atomic E-state index is 6.19. The van der Waals surface area contributed by atoms with Gasteiger partial charge in [-0.25, -0.2) is 0 Å². The lowest BCUT2D eigenvalue weighted by Crippen LogP contribution is -2.44. The second-order valence-corrected chi connectivity index (χ2v) is 6.03. The highest BCUT2D eigenvalue weighted by molar-refractivity contribution is 5.83. The van der Waals surface area contributed by atoms with Gasteiger partial charge in [-0.3, -0.25) is 4.68 Å². The fourth-order valence-corrected chi connectivity index (χ4v) is 2.97. The third-order valence-corrected chi connectivity index (χ3v) is 4.29. The molecule has 23 heavy (non-hydrogen) atoms. The van der Waals surface area contributed by atoms with Gasteiger partial charge in [-0.2, -0.15) is 5.10 Å². The molecule has 1 saturated heterocycles. The number of anilines is 2. The number of aryl methyl sites for hydroxylation is 1. The Labute approximate surface area is 137 Å². The highest BCUT2D eigenvalue weighted by Crippen LogP contribution is 2.38. The van der Waals surface area contributed by atoms with Crippen LogP contribution in [0, 0.1) is 0 Å². The summed E-state index contributed by atoms with van der Waals surface area (Å²) in [5, 5.41) is 4.30. The molecule has 1 aromatic carbocycles. The predicted molar refractivity (Wildman–Crippen MR) is 93.9 cm³/mol. The molecule has 0 atom stereocenters. The van der Waals surface area contributed by atoms with E-state index in [1.165, 1.54) is 5.69 Å². The largest absolute Gasteiger partial charge is 0.492 e. The minimum atomic E-state index is 0.610. The van der Waals surface area contributed by atoms with Crippen LogP contribution in [0.1, 0.15) is 6.92 Å². The van der Waals surface area contributed by atoms with Crippen LogP contribution in [-0.4, -0.2) is 54.5 Å². The Hall–Kier alpha value is -2.21. The van der Waals surface area contributed by atoms with E-state index in [0.717, 1.165) is 43.1 Å². The number of nitrogens with two attached hydrogens (primary N) is 1. The zero-order valence-electron chi connectivity index (χ0n) is 14.1. The molecule has 0 spiro atoms. The Morgan fingerprint density at radius 3 is 2.52 bits per heavy atom. The highest BCUT2D eigenvalue weighted by Gasteiger charge is 2.20. The monoisotopic (exact) mass is 315 g/mol. The maximum atomic E-state index is 6.19. The van der Waals surface area contributed by atoms with Crippen LogP contribution in [0.25, 0.3) is 11.1 Å². The zero-order chi connectivity index (χ0) is 16.4. The van der Waals surface area contributed by atoms with E-state index in [2.05, 4.69) is 28.0 Å². The van der Waals surface area contributed by atoms with Crippen molar-refractivity contribution in [1.82, 2.24) is 14.7 Å². The standard InChI is InChI=1S/C17H25N5O/c1-4-23-17-10-16(22-7-5-20(2)6-8-22)14(9-15(17)18)13-11-19-21(3)12-13/h9-12H,4-8,18H2,1-3H3. The first kappa shape index (κ1) is 15.7. The van der Waals surface area contributed by atoms with Gasteiger partial charge in [0.15, 0.2) is 0 Å². The Kier molecular flexibility index (Phi) is 4.43. The van der Waals surface area contributed by atoms with E-state index in [0.29, 0.717) is 12.3 Å². The van der Waals surface area contributed by atoms with Gasteiger partial charge in [-0.1, -0.05) is 0 Å². The quantitative estimate of drug-likeness (QED) is 0.872. The molecule has 0 amide bonds. The Morgan fingerprint density at radius 1 is 1.17 bits per heavy atom. The fraction of sp³-hybridized carbons (Fsp3) is 0.471. The Balaban J connectivity index is 2.04. The lowest BCUT2D eigenvalue weighted by atomic mass is 10.0. The summed E-state index contributed by atoms with van der Waals surface area (Å²) in [6, 6.07) is 4.09. The molecule has 0 unspecified atom stereocenters. The van der Waals surface area contributed by atoms with Gasteiger partial charge in [-0.15, -0.1) is 0 Å². The van der Waals surface area contributed by atoms with Crippen molar-refractivity contribution in [3.63, 3.8) is 0 Å². The van der Waals surface area contributed by atoms with Gasteiger partial charge in [0.1, 0.15) is 5.75 Å². The molecule has 1 aromatic heterocycles. The highest BCUT2D eigenvalue weighted by atomic mass is 16.5. The molecule has 0 aliphatic carbocycles. The van der Waals surface area contributed by atoms with Crippen LogP contribution in [0.4, 0.5) is 11.4 Å². The molecule has 6 nitrogen and oxygen atoms in total. The number of ether oxygens (including phenoxy) is 1. The second kappa shape index (κ2) is 6.50. The van der Waals surface area contributed by atoms with E-state index in [-0.39, 0.29) is 0 Å². The summed E-state index contributed by atoms with van der Waals surface area (Å²) in [6.45, 7) is 6.70. The second-order valence-electron chi connectivity index (χ2n) is 6.03. The van der Waals surface area contributed by atoms with Gasteiger partial charge in [0.05, 0.1) is 18.5 Å². The summed E-state index contributed by atoms with van der Waals surface area (Å²) in [6.07, 6.45) is 3.91. The summed E-state index contributed by atoms with van der Waals surface area (Å²) in [7, 11) is 4.09. The number of hydrogen-bond acceptors (Lipinski definition) is 5. The van der Waals surface area contributed by atoms with Crippen molar-refractivity contribution in [3.8, 4) is 16.9 Å². The van der Waals surface area contributed by atoms with Crippen molar-refractivity contribution in [2.45, 2.75) is 6.92 Å². The fourth-order valence-electron chi connectivity index (χ4n) is 2.97. The average molecular weight is 315 g/mol. The molecule has 3 rings (SSSR count). The van der Waals surface area contributed by atoms with Crippen LogP contribution in [0.5, 0.6) is 5.75 Å². The summed E-state index contributed by atoms with van der Waals surface area (Å²) < 4.78 is 7.52. The molecule has 0 bridgehead atoms. The number of piperazine rings is 1. The first-order valence-electron chi connectivity index (χ1n) is 8.07. The molecule has 0 radical (unpaired) electrons. The minimum absolute atomic E-state index is 0.610. The summed E-state index contributed by atoms with van der Waals surface area (Å²) in [5.41, 5.74) is 10.2. The number of aromatic nitrogens is 2. The predicted octanol–water partition coefficient (Wildman–Crippen LogP) is 1.82. The summed E-state index contributed by atoms with van der Waals surface area (Å²) in [4.78, 5) is 4.76. The molecule has 2 N–H and O–H groups in total. The zero-order valence-corrected chi connectivity index (χ0v) is 14.1. The Morgan fingerprint density at radius 2 is 1.91 bits per heavy atom. The van der Waals surface area contributed by atoms with Crippen LogP contribution in [0.3, 0.4) is 0 Å².